The average molecular weight is 340 g/mol. The van der Waals surface area contributed by atoms with Gasteiger partial charge in [-0.05, 0) is 49.2 Å². The lowest BCUT2D eigenvalue weighted by molar-refractivity contribution is 0.601. The van der Waals surface area contributed by atoms with Crippen molar-refractivity contribution in [3.63, 3.8) is 0 Å². The zero-order chi connectivity index (χ0) is 14.0. The van der Waals surface area contributed by atoms with Crippen LogP contribution in [0.5, 0.6) is 0 Å². The lowest BCUT2D eigenvalue weighted by Gasteiger charge is -2.13. The first-order chi connectivity index (χ1) is 8.90. The molecule has 100 valence electrons. The van der Waals surface area contributed by atoms with Gasteiger partial charge < -0.3 is 0 Å². The molecule has 2 aromatic rings. The number of para-hydroxylation sites is 1. The maximum Gasteiger partial charge on any atom is 0.261 e. The van der Waals surface area contributed by atoms with E-state index in [1.54, 1.807) is 24.3 Å². The molecule has 2 aromatic carbocycles. The Morgan fingerprint density at radius 2 is 1.47 bits per heavy atom. The standard InChI is InChI=1S/C14H14BrNO2S/c1-10-4-3-5-11(2)14(10)16-19(17,18)13-8-6-12(15)7-9-13/h3-9,16H,1-2H3. The van der Waals surface area contributed by atoms with Gasteiger partial charge in [0.05, 0.1) is 10.6 Å². The summed E-state index contributed by atoms with van der Waals surface area (Å²) in [5, 5.41) is 0. The van der Waals surface area contributed by atoms with Crippen molar-refractivity contribution in [2.75, 3.05) is 4.72 Å². The second-order valence-corrected chi connectivity index (χ2v) is 6.92. The van der Waals surface area contributed by atoms with Gasteiger partial charge in [-0.2, -0.15) is 0 Å². The molecule has 0 heterocycles. The van der Waals surface area contributed by atoms with Crippen LogP contribution in [0.25, 0.3) is 0 Å². The smallest absolute Gasteiger partial charge is 0.261 e. The van der Waals surface area contributed by atoms with Gasteiger partial charge in [0, 0.05) is 4.47 Å². The largest absolute Gasteiger partial charge is 0.279 e. The number of hydrogen-bond donors (Lipinski definition) is 1. The molecule has 2 rings (SSSR count). The van der Waals surface area contributed by atoms with Crippen LogP contribution in [0.15, 0.2) is 51.8 Å². The molecule has 3 nitrogen and oxygen atoms in total. The molecular weight excluding hydrogens is 326 g/mol. The van der Waals surface area contributed by atoms with Crippen LogP contribution in [-0.2, 0) is 10.0 Å². The predicted octanol–water partition coefficient (Wildman–Crippen LogP) is 3.87. The van der Waals surface area contributed by atoms with E-state index in [9.17, 15) is 8.42 Å². The minimum absolute atomic E-state index is 0.248. The minimum Gasteiger partial charge on any atom is -0.279 e. The molecule has 0 aliphatic rings. The predicted molar refractivity (Wildman–Crippen MR) is 80.9 cm³/mol. The van der Waals surface area contributed by atoms with Gasteiger partial charge in [-0.3, -0.25) is 4.72 Å². The van der Waals surface area contributed by atoms with Crippen LogP contribution in [0.3, 0.4) is 0 Å². The normalized spacial score (nSPS) is 11.3. The number of rotatable bonds is 3. The van der Waals surface area contributed by atoms with Gasteiger partial charge in [-0.15, -0.1) is 0 Å². The molecule has 19 heavy (non-hydrogen) atoms. The first-order valence-corrected chi connectivity index (χ1v) is 8.02. The van der Waals surface area contributed by atoms with E-state index in [0.717, 1.165) is 15.6 Å². The SMILES string of the molecule is Cc1cccc(C)c1NS(=O)(=O)c1ccc(Br)cc1. The molecule has 0 radical (unpaired) electrons. The maximum absolute atomic E-state index is 12.3. The van der Waals surface area contributed by atoms with Crippen LogP contribution in [0.2, 0.25) is 0 Å². The van der Waals surface area contributed by atoms with Crippen molar-refractivity contribution in [2.45, 2.75) is 18.7 Å². The van der Waals surface area contributed by atoms with E-state index in [1.807, 2.05) is 32.0 Å². The molecule has 0 saturated carbocycles. The van der Waals surface area contributed by atoms with E-state index < -0.39 is 10.0 Å². The van der Waals surface area contributed by atoms with Crippen LogP contribution in [0.1, 0.15) is 11.1 Å². The average Bonchev–Trinajstić information content (AvgIpc) is 2.35. The minimum atomic E-state index is -3.55. The lowest BCUT2D eigenvalue weighted by atomic mass is 10.1. The molecule has 0 atom stereocenters. The Labute approximate surface area is 121 Å². The number of aryl methyl sites for hydroxylation is 2. The number of sulfonamides is 1. The summed E-state index contributed by atoms with van der Waals surface area (Å²) in [4.78, 5) is 0.248. The number of hydrogen-bond acceptors (Lipinski definition) is 2. The van der Waals surface area contributed by atoms with E-state index in [1.165, 1.54) is 0 Å². The number of halogens is 1. The van der Waals surface area contributed by atoms with Crippen molar-refractivity contribution in [1.29, 1.82) is 0 Å². The molecule has 0 fully saturated rings. The third-order valence-corrected chi connectivity index (χ3v) is 4.74. The van der Waals surface area contributed by atoms with E-state index in [4.69, 9.17) is 0 Å². The monoisotopic (exact) mass is 339 g/mol. The second kappa shape index (κ2) is 5.35. The topological polar surface area (TPSA) is 46.2 Å². The van der Waals surface area contributed by atoms with E-state index in [2.05, 4.69) is 20.7 Å². The molecule has 0 amide bonds. The molecule has 0 aliphatic carbocycles. The number of anilines is 1. The highest BCUT2D eigenvalue weighted by Gasteiger charge is 2.16. The molecule has 0 aromatic heterocycles. The highest BCUT2D eigenvalue weighted by Crippen LogP contribution is 2.24. The Balaban J connectivity index is 2.39. The van der Waals surface area contributed by atoms with Crippen molar-refractivity contribution < 1.29 is 8.42 Å². The highest BCUT2D eigenvalue weighted by atomic mass is 79.9. The summed E-state index contributed by atoms with van der Waals surface area (Å²) >= 11 is 3.29. The summed E-state index contributed by atoms with van der Waals surface area (Å²) in [5.41, 5.74) is 2.45. The summed E-state index contributed by atoms with van der Waals surface area (Å²) in [6, 6.07) is 12.2. The Bertz CT molecular complexity index is 674. The van der Waals surface area contributed by atoms with Crippen molar-refractivity contribution >= 4 is 31.6 Å². The van der Waals surface area contributed by atoms with Crippen molar-refractivity contribution in [2.24, 2.45) is 0 Å². The number of nitrogens with one attached hydrogen (secondary N) is 1. The quantitative estimate of drug-likeness (QED) is 0.922. The fraction of sp³-hybridized carbons (Fsp3) is 0.143. The Morgan fingerprint density at radius 1 is 0.947 bits per heavy atom. The molecular formula is C14H14BrNO2S. The molecule has 0 unspecified atom stereocenters. The molecule has 5 heteroatoms. The summed E-state index contributed by atoms with van der Waals surface area (Å²) < 4.78 is 28.1. The Morgan fingerprint density at radius 3 is 2.00 bits per heavy atom. The lowest BCUT2D eigenvalue weighted by Crippen LogP contribution is -2.14. The summed E-state index contributed by atoms with van der Waals surface area (Å²) in [6.07, 6.45) is 0. The van der Waals surface area contributed by atoms with Gasteiger partial charge in [-0.1, -0.05) is 34.1 Å². The highest BCUT2D eigenvalue weighted by molar-refractivity contribution is 9.10. The second-order valence-electron chi connectivity index (χ2n) is 4.33. The Kier molecular flexibility index (Phi) is 3.96. The third kappa shape index (κ3) is 3.16. The van der Waals surface area contributed by atoms with Gasteiger partial charge in [0.2, 0.25) is 0 Å². The van der Waals surface area contributed by atoms with Crippen LogP contribution in [0.4, 0.5) is 5.69 Å². The van der Waals surface area contributed by atoms with Gasteiger partial charge in [0.15, 0.2) is 0 Å². The molecule has 0 saturated heterocycles. The van der Waals surface area contributed by atoms with Crippen LogP contribution < -0.4 is 4.72 Å². The van der Waals surface area contributed by atoms with E-state index in [0.29, 0.717) is 5.69 Å². The molecule has 0 aliphatic heterocycles. The number of benzene rings is 2. The summed E-state index contributed by atoms with van der Waals surface area (Å²) in [7, 11) is -3.55. The molecule has 1 N–H and O–H groups in total. The van der Waals surface area contributed by atoms with Crippen molar-refractivity contribution in [3.05, 3.63) is 58.1 Å². The first-order valence-electron chi connectivity index (χ1n) is 5.75. The van der Waals surface area contributed by atoms with Crippen molar-refractivity contribution in [3.8, 4) is 0 Å². The van der Waals surface area contributed by atoms with E-state index >= 15 is 0 Å². The van der Waals surface area contributed by atoms with Crippen LogP contribution in [-0.4, -0.2) is 8.42 Å². The van der Waals surface area contributed by atoms with Gasteiger partial charge in [0.1, 0.15) is 0 Å². The summed E-state index contributed by atoms with van der Waals surface area (Å²) in [5.74, 6) is 0. The van der Waals surface area contributed by atoms with E-state index in [-0.39, 0.29) is 4.90 Å². The zero-order valence-corrected chi connectivity index (χ0v) is 13.0. The fourth-order valence-electron chi connectivity index (χ4n) is 1.78. The van der Waals surface area contributed by atoms with Crippen LogP contribution >= 0.6 is 15.9 Å². The van der Waals surface area contributed by atoms with Gasteiger partial charge in [0.25, 0.3) is 10.0 Å². The molecule has 0 spiro atoms. The van der Waals surface area contributed by atoms with Gasteiger partial charge in [-0.25, -0.2) is 8.42 Å². The van der Waals surface area contributed by atoms with Gasteiger partial charge >= 0.3 is 0 Å². The van der Waals surface area contributed by atoms with Crippen LogP contribution in [0, 0.1) is 13.8 Å². The fourth-order valence-corrected chi connectivity index (χ4v) is 3.25. The first kappa shape index (κ1) is 14.1. The molecule has 0 bridgehead atoms. The van der Waals surface area contributed by atoms with Crippen molar-refractivity contribution in [1.82, 2.24) is 0 Å². The Hall–Kier alpha value is -1.33. The zero-order valence-electron chi connectivity index (χ0n) is 10.6. The summed E-state index contributed by atoms with van der Waals surface area (Å²) in [6.45, 7) is 3.76. The maximum atomic E-state index is 12.3. The third-order valence-electron chi connectivity index (χ3n) is 2.84.